The second-order valence-electron chi connectivity index (χ2n) is 10.8. The molecule has 0 fully saturated rings. The van der Waals surface area contributed by atoms with Gasteiger partial charge in [-0.2, -0.15) is 8.78 Å². The quantitative estimate of drug-likeness (QED) is 0.0284. The van der Waals surface area contributed by atoms with Crippen molar-refractivity contribution in [3.05, 3.63) is 90.7 Å². The van der Waals surface area contributed by atoms with Gasteiger partial charge in [0.05, 0.1) is 17.5 Å². The summed E-state index contributed by atoms with van der Waals surface area (Å²) in [5.74, 6) is -2.49. The van der Waals surface area contributed by atoms with Crippen LogP contribution in [0.4, 0.5) is 13.2 Å². The van der Waals surface area contributed by atoms with Gasteiger partial charge in [0, 0.05) is 0 Å². The van der Waals surface area contributed by atoms with Gasteiger partial charge in [-0.15, -0.1) is 0 Å². The number of esters is 1. The van der Waals surface area contributed by atoms with Crippen molar-refractivity contribution in [3.8, 4) is 0 Å². The van der Waals surface area contributed by atoms with E-state index in [1.165, 1.54) is 77.7 Å². The maximum absolute atomic E-state index is 13.2. The molecule has 0 atom stereocenters. The predicted molar refractivity (Wildman–Crippen MR) is 186 cm³/mol. The third kappa shape index (κ3) is 15.2. The first kappa shape index (κ1) is 40.1. The van der Waals surface area contributed by atoms with E-state index in [2.05, 4.69) is 51.6 Å². The molecule has 46 heavy (non-hydrogen) atoms. The minimum atomic E-state index is -6.03. The summed E-state index contributed by atoms with van der Waals surface area (Å²) in [6.45, 7) is -0.304. The molecule has 3 aromatic rings. The molecule has 0 saturated heterocycles. The Labute approximate surface area is 289 Å². The standard InChI is InChI=1S/C18H14FS.C17H31F2IO5S/c19-15-11-13-18(14-12-15)20(16-7-3-1-4-8-16)17-9-5-2-6-10-17;18-17(19,26(22,23)24)16(21)25-15-13-11-9-7-5-3-1-2-4-6-8-10-12-14-20/h1-14H;1-15H2,(H,22,23,24)/q+1;/p-1. The highest BCUT2D eigenvalue weighted by Crippen LogP contribution is 2.31. The third-order valence-corrected chi connectivity index (χ3v) is 10.9. The lowest BCUT2D eigenvalue weighted by molar-refractivity contribution is -0.161. The van der Waals surface area contributed by atoms with Gasteiger partial charge in [0.1, 0.15) is 5.82 Å². The maximum Gasteiger partial charge on any atom is 0.428 e. The molecule has 0 aromatic heterocycles. The lowest BCUT2D eigenvalue weighted by atomic mass is 10.0. The number of rotatable bonds is 20. The number of ether oxygens (including phenoxy) is 1. The van der Waals surface area contributed by atoms with Gasteiger partial charge in [-0.3, -0.25) is 0 Å². The van der Waals surface area contributed by atoms with Crippen LogP contribution >= 0.6 is 22.6 Å². The number of hydrogen-bond acceptors (Lipinski definition) is 5. The van der Waals surface area contributed by atoms with Crippen molar-refractivity contribution >= 4 is 49.6 Å². The summed E-state index contributed by atoms with van der Waals surface area (Å²) in [7, 11) is -6.22. The van der Waals surface area contributed by atoms with Crippen molar-refractivity contribution in [2.75, 3.05) is 11.0 Å². The molecule has 11 heteroatoms. The van der Waals surface area contributed by atoms with Crippen molar-refractivity contribution in [2.45, 2.75) is 103 Å². The van der Waals surface area contributed by atoms with Crippen LogP contribution in [-0.2, 0) is 30.5 Å². The van der Waals surface area contributed by atoms with Crippen LogP contribution in [0.3, 0.4) is 0 Å². The van der Waals surface area contributed by atoms with E-state index >= 15 is 0 Å². The first-order chi connectivity index (χ1) is 22.1. The van der Waals surface area contributed by atoms with Crippen molar-refractivity contribution in [2.24, 2.45) is 0 Å². The van der Waals surface area contributed by atoms with E-state index in [9.17, 15) is 30.9 Å². The Morgan fingerprint density at radius 3 is 1.41 bits per heavy atom. The highest BCUT2D eigenvalue weighted by atomic mass is 127. The molecule has 0 aliphatic heterocycles. The molecule has 0 radical (unpaired) electrons. The summed E-state index contributed by atoms with van der Waals surface area (Å²) < 4.78 is 75.0. The number of hydrogen-bond donors (Lipinski definition) is 0. The number of alkyl halides is 3. The van der Waals surface area contributed by atoms with Crippen LogP contribution in [0.5, 0.6) is 0 Å². The SMILES string of the molecule is Fc1ccc([S+](c2ccccc2)c2ccccc2)cc1.O=C(OCCCCCCCCCCCCCCCI)C(F)(F)S(=O)(=O)[O-]. The topological polar surface area (TPSA) is 83.5 Å². The largest absolute Gasteiger partial charge is 0.743 e. The molecule has 0 bridgehead atoms. The summed E-state index contributed by atoms with van der Waals surface area (Å²) in [4.78, 5) is 14.5. The van der Waals surface area contributed by atoms with E-state index in [1.54, 1.807) is 0 Å². The molecule has 0 saturated carbocycles. The molecule has 0 amide bonds. The highest BCUT2D eigenvalue weighted by Gasteiger charge is 2.48. The molecule has 0 aliphatic rings. The van der Waals surface area contributed by atoms with Crippen molar-refractivity contribution in [3.63, 3.8) is 0 Å². The zero-order chi connectivity index (χ0) is 33.7. The Hall–Kier alpha value is -2.09. The number of halogens is 4. The Balaban J connectivity index is 0.000000328. The molecular formula is C35H44F3IO5S2. The summed E-state index contributed by atoms with van der Waals surface area (Å²) in [5, 5.41) is -5.01. The van der Waals surface area contributed by atoms with E-state index in [0.29, 0.717) is 12.8 Å². The molecule has 0 N–H and O–H groups in total. The molecular weight excluding hydrogens is 748 g/mol. The van der Waals surface area contributed by atoms with Crippen molar-refractivity contribution in [1.82, 2.24) is 0 Å². The van der Waals surface area contributed by atoms with Crippen LogP contribution < -0.4 is 0 Å². The van der Waals surface area contributed by atoms with Crippen LogP contribution in [0.25, 0.3) is 0 Å². The molecule has 0 heterocycles. The van der Waals surface area contributed by atoms with Gasteiger partial charge in [0.25, 0.3) is 0 Å². The van der Waals surface area contributed by atoms with Gasteiger partial charge in [0.2, 0.25) is 0 Å². The molecule has 3 aromatic carbocycles. The summed E-state index contributed by atoms with van der Waals surface area (Å²) in [6.07, 6.45) is 14.5. The van der Waals surface area contributed by atoms with E-state index in [1.807, 2.05) is 48.5 Å². The minimum absolute atomic E-state index is 0.190. The average molecular weight is 793 g/mol. The zero-order valence-corrected chi connectivity index (χ0v) is 29.8. The molecule has 0 aliphatic carbocycles. The van der Waals surface area contributed by atoms with Gasteiger partial charge in [-0.05, 0) is 65.8 Å². The predicted octanol–water partition coefficient (Wildman–Crippen LogP) is 10.1. The van der Waals surface area contributed by atoms with Gasteiger partial charge < -0.3 is 9.29 Å². The van der Waals surface area contributed by atoms with Gasteiger partial charge >= 0.3 is 11.2 Å². The fourth-order valence-electron chi connectivity index (χ4n) is 4.58. The van der Waals surface area contributed by atoms with Crippen LogP contribution in [0.1, 0.15) is 83.5 Å². The van der Waals surface area contributed by atoms with Crippen LogP contribution in [0.15, 0.2) is 99.6 Å². The number of carbonyl (C=O) groups excluding carboxylic acids is 1. The molecule has 0 unspecified atom stereocenters. The zero-order valence-electron chi connectivity index (χ0n) is 26.1. The molecule has 254 valence electrons. The van der Waals surface area contributed by atoms with Crippen molar-refractivity contribution in [1.29, 1.82) is 0 Å². The third-order valence-electron chi connectivity index (χ3n) is 7.07. The normalized spacial score (nSPS) is 11.6. The Morgan fingerprint density at radius 1 is 0.652 bits per heavy atom. The fourth-order valence-corrected chi connectivity index (χ4v) is 7.47. The molecule has 5 nitrogen and oxygen atoms in total. The Morgan fingerprint density at radius 2 is 1.02 bits per heavy atom. The van der Waals surface area contributed by atoms with Crippen LogP contribution in [-0.4, -0.2) is 35.2 Å². The van der Waals surface area contributed by atoms with Crippen LogP contribution in [0, 0.1) is 5.82 Å². The number of unbranched alkanes of at least 4 members (excludes halogenated alkanes) is 12. The minimum Gasteiger partial charge on any atom is -0.743 e. The van der Waals surface area contributed by atoms with Gasteiger partial charge in [-0.25, -0.2) is 17.6 Å². The lowest BCUT2D eigenvalue weighted by Gasteiger charge is -2.17. The second kappa shape index (κ2) is 22.5. The maximum atomic E-state index is 13.2. The van der Waals surface area contributed by atoms with Crippen molar-refractivity contribution < 1.29 is 35.7 Å². The smallest absolute Gasteiger partial charge is 0.428 e. The summed E-state index contributed by atoms with van der Waals surface area (Å²) >= 11 is 2.41. The van der Waals surface area contributed by atoms with Gasteiger partial charge in [-0.1, -0.05) is 130 Å². The lowest BCUT2D eigenvalue weighted by Crippen LogP contribution is -2.39. The Kier molecular flexibility index (Phi) is 19.6. The van der Waals surface area contributed by atoms with Gasteiger partial charge in [0.15, 0.2) is 24.8 Å². The van der Waals surface area contributed by atoms with E-state index in [4.69, 9.17) is 0 Å². The molecule has 3 rings (SSSR count). The number of carbonyl (C=O) groups is 1. The summed E-state index contributed by atoms with van der Waals surface area (Å²) in [6, 6.07) is 27.5. The van der Waals surface area contributed by atoms with E-state index < -0.39 is 21.3 Å². The first-order valence-corrected chi connectivity index (χ1v) is 19.9. The number of benzene rings is 3. The van der Waals surface area contributed by atoms with Crippen LogP contribution in [0.2, 0.25) is 0 Å². The summed E-state index contributed by atoms with van der Waals surface area (Å²) in [5.41, 5.74) is 0. The molecule has 0 spiro atoms. The van der Waals surface area contributed by atoms with E-state index in [-0.39, 0.29) is 23.3 Å². The monoisotopic (exact) mass is 792 g/mol. The average Bonchev–Trinajstić information content (AvgIpc) is 3.04. The Bertz CT molecular complexity index is 1310. The fraction of sp³-hybridized carbons (Fsp3) is 0.457. The van der Waals surface area contributed by atoms with E-state index in [0.717, 1.165) is 24.2 Å². The highest BCUT2D eigenvalue weighted by molar-refractivity contribution is 14.1. The first-order valence-electron chi connectivity index (χ1n) is 15.7. The second-order valence-corrected chi connectivity index (χ2v) is 15.3.